The lowest BCUT2D eigenvalue weighted by molar-refractivity contribution is 0.411. The fourth-order valence-corrected chi connectivity index (χ4v) is 2.73. The summed E-state index contributed by atoms with van der Waals surface area (Å²) in [4.78, 5) is 0. The molecule has 0 aliphatic rings. The SMILES string of the molecule is COc1cc(C(N)c2cccc3ccccc23)ccc1C. The Bertz CT molecular complexity index is 774. The van der Waals surface area contributed by atoms with Crippen molar-refractivity contribution < 1.29 is 4.74 Å². The van der Waals surface area contributed by atoms with Gasteiger partial charge in [0.25, 0.3) is 0 Å². The highest BCUT2D eigenvalue weighted by atomic mass is 16.5. The first-order valence-corrected chi connectivity index (χ1v) is 7.08. The highest BCUT2D eigenvalue weighted by molar-refractivity contribution is 5.86. The maximum atomic E-state index is 6.50. The summed E-state index contributed by atoms with van der Waals surface area (Å²) in [7, 11) is 1.69. The van der Waals surface area contributed by atoms with Gasteiger partial charge in [-0.2, -0.15) is 0 Å². The van der Waals surface area contributed by atoms with Crippen LogP contribution in [-0.4, -0.2) is 7.11 Å². The third kappa shape index (κ3) is 2.50. The first-order chi connectivity index (χ1) is 10.2. The number of methoxy groups -OCH3 is 1. The minimum absolute atomic E-state index is 0.161. The molecule has 21 heavy (non-hydrogen) atoms. The Morgan fingerprint density at radius 3 is 2.52 bits per heavy atom. The number of benzene rings is 3. The molecule has 3 aromatic rings. The molecule has 2 nitrogen and oxygen atoms in total. The van der Waals surface area contributed by atoms with Crippen LogP contribution in [0.2, 0.25) is 0 Å². The summed E-state index contributed by atoms with van der Waals surface area (Å²) in [6.07, 6.45) is 0. The molecule has 0 heterocycles. The van der Waals surface area contributed by atoms with E-state index in [-0.39, 0.29) is 6.04 Å². The van der Waals surface area contributed by atoms with Gasteiger partial charge in [-0.3, -0.25) is 0 Å². The third-order valence-corrected chi connectivity index (χ3v) is 3.95. The van der Waals surface area contributed by atoms with Gasteiger partial charge in [0.1, 0.15) is 5.75 Å². The van der Waals surface area contributed by atoms with Gasteiger partial charge in [0.05, 0.1) is 13.2 Å². The summed E-state index contributed by atoms with van der Waals surface area (Å²) >= 11 is 0. The number of aryl methyl sites for hydroxylation is 1. The van der Waals surface area contributed by atoms with E-state index in [1.165, 1.54) is 10.8 Å². The van der Waals surface area contributed by atoms with Gasteiger partial charge >= 0.3 is 0 Å². The van der Waals surface area contributed by atoms with Crippen molar-refractivity contribution >= 4 is 10.8 Å². The van der Waals surface area contributed by atoms with E-state index in [0.29, 0.717) is 0 Å². The number of hydrogen-bond acceptors (Lipinski definition) is 2. The molecule has 0 saturated heterocycles. The Balaban J connectivity index is 2.10. The maximum absolute atomic E-state index is 6.50. The highest BCUT2D eigenvalue weighted by Crippen LogP contribution is 2.30. The second-order valence-electron chi connectivity index (χ2n) is 5.28. The van der Waals surface area contributed by atoms with E-state index in [0.717, 1.165) is 22.4 Å². The largest absolute Gasteiger partial charge is 0.496 e. The van der Waals surface area contributed by atoms with Crippen molar-refractivity contribution in [2.75, 3.05) is 7.11 Å². The summed E-state index contributed by atoms with van der Waals surface area (Å²) in [5, 5.41) is 2.41. The molecular weight excluding hydrogens is 258 g/mol. The van der Waals surface area contributed by atoms with Gasteiger partial charge in [0, 0.05) is 0 Å². The second-order valence-corrected chi connectivity index (χ2v) is 5.28. The van der Waals surface area contributed by atoms with Crippen molar-refractivity contribution in [3.8, 4) is 5.75 Å². The molecule has 106 valence electrons. The zero-order chi connectivity index (χ0) is 14.8. The fraction of sp³-hybridized carbons (Fsp3) is 0.158. The first-order valence-electron chi connectivity index (χ1n) is 7.08. The number of nitrogens with two attached hydrogens (primary N) is 1. The predicted molar refractivity (Wildman–Crippen MR) is 87.7 cm³/mol. The molecule has 3 rings (SSSR count). The van der Waals surface area contributed by atoms with Gasteiger partial charge < -0.3 is 10.5 Å². The van der Waals surface area contributed by atoms with Gasteiger partial charge in [-0.25, -0.2) is 0 Å². The summed E-state index contributed by atoms with van der Waals surface area (Å²) in [6, 6.07) is 20.6. The molecule has 0 aliphatic carbocycles. The Hall–Kier alpha value is -2.32. The number of rotatable bonds is 3. The molecule has 0 saturated carbocycles. The summed E-state index contributed by atoms with van der Waals surface area (Å²) in [5.41, 5.74) is 9.82. The van der Waals surface area contributed by atoms with Gasteiger partial charge in [-0.15, -0.1) is 0 Å². The quantitative estimate of drug-likeness (QED) is 0.778. The monoisotopic (exact) mass is 277 g/mol. The zero-order valence-corrected chi connectivity index (χ0v) is 12.3. The van der Waals surface area contributed by atoms with E-state index in [4.69, 9.17) is 10.5 Å². The lowest BCUT2D eigenvalue weighted by Crippen LogP contribution is -2.12. The van der Waals surface area contributed by atoms with Crippen LogP contribution >= 0.6 is 0 Å². The Morgan fingerprint density at radius 2 is 1.71 bits per heavy atom. The van der Waals surface area contributed by atoms with Gasteiger partial charge in [0.2, 0.25) is 0 Å². The molecule has 0 aromatic heterocycles. The minimum Gasteiger partial charge on any atom is -0.496 e. The van der Waals surface area contributed by atoms with Gasteiger partial charge in [0.15, 0.2) is 0 Å². The molecule has 0 bridgehead atoms. The van der Waals surface area contributed by atoms with E-state index >= 15 is 0 Å². The topological polar surface area (TPSA) is 35.2 Å². The van der Waals surface area contributed by atoms with Crippen molar-refractivity contribution in [1.29, 1.82) is 0 Å². The fourth-order valence-electron chi connectivity index (χ4n) is 2.73. The number of ether oxygens (including phenoxy) is 1. The molecule has 1 unspecified atom stereocenters. The molecule has 3 aromatic carbocycles. The van der Waals surface area contributed by atoms with E-state index in [1.807, 2.05) is 25.1 Å². The van der Waals surface area contributed by atoms with E-state index in [1.54, 1.807) is 7.11 Å². The number of hydrogen-bond donors (Lipinski definition) is 1. The van der Waals surface area contributed by atoms with Crippen LogP contribution in [0.3, 0.4) is 0 Å². The Morgan fingerprint density at radius 1 is 0.952 bits per heavy atom. The standard InChI is InChI=1S/C19H19NO/c1-13-10-11-15(12-18(13)21-2)19(20)17-9-5-7-14-6-3-4-8-16(14)17/h3-12,19H,20H2,1-2H3. The number of fused-ring (bicyclic) bond motifs is 1. The minimum atomic E-state index is -0.161. The molecular formula is C19H19NO. The summed E-state index contributed by atoms with van der Waals surface area (Å²) < 4.78 is 5.40. The Labute approximate surface area is 125 Å². The third-order valence-electron chi connectivity index (χ3n) is 3.95. The van der Waals surface area contributed by atoms with Crippen LogP contribution in [0.1, 0.15) is 22.7 Å². The maximum Gasteiger partial charge on any atom is 0.122 e. The smallest absolute Gasteiger partial charge is 0.122 e. The molecule has 0 radical (unpaired) electrons. The van der Waals surface area contributed by atoms with Crippen molar-refractivity contribution in [2.45, 2.75) is 13.0 Å². The normalized spacial score (nSPS) is 12.3. The molecule has 0 amide bonds. The molecule has 2 N–H and O–H groups in total. The van der Waals surface area contributed by atoms with Crippen molar-refractivity contribution in [3.05, 3.63) is 77.4 Å². The molecule has 0 spiro atoms. The zero-order valence-electron chi connectivity index (χ0n) is 12.3. The molecule has 0 fully saturated rings. The average molecular weight is 277 g/mol. The molecule has 2 heteroatoms. The first kappa shape index (κ1) is 13.7. The van der Waals surface area contributed by atoms with Crippen LogP contribution < -0.4 is 10.5 Å². The van der Waals surface area contributed by atoms with Crippen molar-refractivity contribution in [3.63, 3.8) is 0 Å². The van der Waals surface area contributed by atoms with Crippen LogP contribution in [-0.2, 0) is 0 Å². The van der Waals surface area contributed by atoms with Gasteiger partial charge in [-0.05, 0) is 40.5 Å². The molecule has 1 atom stereocenters. The lowest BCUT2D eigenvalue weighted by Gasteiger charge is -2.17. The average Bonchev–Trinajstić information content (AvgIpc) is 2.54. The molecule has 0 aliphatic heterocycles. The lowest BCUT2D eigenvalue weighted by atomic mass is 9.94. The van der Waals surface area contributed by atoms with Crippen molar-refractivity contribution in [1.82, 2.24) is 0 Å². The van der Waals surface area contributed by atoms with E-state index < -0.39 is 0 Å². The van der Waals surface area contributed by atoms with Crippen LogP contribution in [0.25, 0.3) is 10.8 Å². The van der Waals surface area contributed by atoms with Gasteiger partial charge in [-0.1, -0.05) is 54.6 Å². The van der Waals surface area contributed by atoms with E-state index in [2.05, 4.69) is 42.5 Å². The second kappa shape index (κ2) is 5.58. The van der Waals surface area contributed by atoms with Crippen LogP contribution in [0.4, 0.5) is 0 Å². The summed E-state index contributed by atoms with van der Waals surface area (Å²) in [6.45, 7) is 2.03. The Kier molecular flexibility index (Phi) is 3.63. The van der Waals surface area contributed by atoms with Crippen LogP contribution in [0.15, 0.2) is 60.7 Å². The van der Waals surface area contributed by atoms with E-state index in [9.17, 15) is 0 Å². The predicted octanol–water partition coefficient (Wildman–Crippen LogP) is 4.20. The highest BCUT2D eigenvalue weighted by Gasteiger charge is 2.13. The van der Waals surface area contributed by atoms with Crippen molar-refractivity contribution in [2.24, 2.45) is 5.73 Å². The summed E-state index contributed by atoms with van der Waals surface area (Å²) in [5.74, 6) is 0.878. The van der Waals surface area contributed by atoms with Crippen LogP contribution in [0.5, 0.6) is 5.75 Å². The van der Waals surface area contributed by atoms with Crippen LogP contribution in [0, 0.1) is 6.92 Å².